The van der Waals surface area contributed by atoms with Crippen molar-refractivity contribution in [3.63, 3.8) is 0 Å². The van der Waals surface area contributed by atoms with E-state index in [4.69, 9.17) is 0 Å². The Morgan fingerprint density at radius 1 is 1.19 bits per heavy atom. The van der Waals surface area contributed by atoms with E-state index in [1.807, 2.05) is 6.07 Å². The third-order valence-corrected chi connectivity index (χ3v) is 4.71. The van der Waals surface area contributed by atoms with Crippen molar-refractivity contribution in [2.45, 2.75) is 44.6 Å². The van der Waals surface area contributed by atoms with Gasteiger partial charge in [-0.1, -0.05) is 24.3 Å². The summed E-state index contributed by atoms with van der Waals surface area (Å²) in [4.78, 5) is 12.5. The van der Waals surface area contributed by atoms with Gasteiger partial charge in [-0.3, -0.25) is 9.89 Å². The topological polar surface area (TPSA) is 57.8 Å². The van der Waals surface area contributed by atoms with E-state index in [2.05, 4.69) is 33.7 Å². The molecular weight excluding hydrogens is 262 g/mol. The first-order valence-corrected chi connectivity index (χ1v) is 7.77. The number of carbonyl (C=O) groups is 1. The number of hydrogen-bond acceptors (Lipinski definition) is 2. The van der Waals surface area contributed by atoms with E-state index in [1.165, 1.54) is 17.5 Å². The fraction of sp³-hybridized carbons (Fsp3) is 0.412. The predicted octanol–water partition coefficient (Wildman–Crippen LogP) is 2.71. The molecule has 4 rings (SSSR count). The van der Waals surface area contributed by atoms with Gasteiger partial charge < -0.3 is 5.32 Å². The number of amides is 1. The molecular formula is C17H19N3O. The van der Waals surface area contributed by atoms with Crippen molar-refractivity contribution >= 4 is 5.91 Å². The molecule has 4 heteroatoms. The Kier molecular flexibility index (Phi) is 3.02. The van der Waals surface area contributed by atoms with Crippen LogP contribution in [0, 0.1) is 0 Å². The summed E-state index contributed by atoms with van der Waals surface area (Å²) in [5, 5.41) is 10.5. The molecule has 108 valence electrons. The molecule has 0 bridgehead atoms. The lowest BCUT2D eigenvalue weighted by molar-refractivity contribution is 0.0930. The van der Waals surface area contributed by atoms with Crippen LogP contribution in [0.3, 0.4) is 0 Å². The van der Waals surface area contributed by atoms with Gasteiger partial charge in [0.05, 0.1) is 6.04 Å². The monoisotopic (exact) mass is 281 g/mol. The Morgan fingerprint density at radius 2 is 2.05 bits per heavy atom. The summed E-state index contributed by atoms with van der Waals surface area (Å²) in [6, 6.07) is 8.50. The Bertz CT molecular complexity index is 689. The number of aryl methyl sites for hydroxylation is 2. The molecule has 0 fully saturated rings. The van der Waals surface area contributed by atoms with E-state index in [-0.39, 0.29) is 11.9 Å². The molecule has 0 saturated heterocycles. The first-order valence-electron chi connectivity index (χ1n) is 7.77. The minimum absolute atomic E-state index is 0.0314. The van der Waals surface area contributed by atoms with Gasteiger partial charge in [-0.25, -0.2) is 0 Å². The highest BCUT2D eigenvalue weighted by molar-refractivity contribution is 5.94. The first-order chi connectivity index (χ1) is 10.3. The van der Waals surface area contributed by atoms with Crippen molar-refractivity contribution in [3.05, 3.63) is 52.3 Å². The second kappa shape index (κ2) is 5.02. The molecule has 4 nitrogen and oxygen atoms in total. The van der Waals surface area contributed by atoms with E-state index < -0.39 is 0 Å². The summed E-state index contributed by atoms with van der Waals surface area (Å²) >= 11 is 0. The number of benzene rings is 1. The van der Waals surface area contributed by atoms with E-state index in [9.17, 15) is 4.79 Å². The van der Waals surface area contributed by atoms with E-state index in [0.29, 0.717) is 5.69 Å². The van der Waals surface area contributed by atoms with Crippen LogP contribution in [0.4, 0.5) is 0 Å². The molecule has 0 radical (unpaired) electrons. The summed E-state index contributed by atoms with van der Waals surface area (Å²) in [7, 11) is 0. The number of fused-ring (bicyclic) bond motifs is 2. The largest absolute Gasteiger partial charge is 0.344 e. The zero-order chi connectivity index (χ0) is 14.2. The molecule has 0 unspecified atom stereocenters. The van der Waals surface area contributed by atoms with Gasteiger partial charge in [-0.15, -0.1) is 0 Å². The smallest absolute Gasteiger partial charge is 0.272 e. The maximum Gasteiger partial charge on any atom is 0.272 e. The Labute approximate surface area is 124 Å². The number of carbonyl (C=O) groups excluding carboxylic acids is 1. The lowest BCUT2D eigenvalue weighted by Gasteiger charge is -2.15. The van der Waals surface area contributed by atoms with Crippen LogP contribution in [-0.2, 0) is 19.3 Å². The number of nitrogens with one attached hydrogen (secondary N) is 2. The van der Waals surface area contributed by atoms with E-state index >= 15 is 0 Å². The molecule has 1 heterocycles. The van der Waals surface area contributed by atoms with Crippen LogP contribution in [-0.4, -0.2) is 16.1 Å². The molecule has 2 aromatic rings. The fourth-order valence-corrected chi connectivity index (χ4v) is 3.60. The van der Waals surface area contributed by atoms with Crippen molar-refractivity contribution in [1.29, 1.82) is 0 Å². The number of aromatic amines is 1. The zero-order valence-electron chi connectivity index (χ0n) is 12.0. The van der Waals surface area contributed by atoms with Crippen LogP contribution in [0.1, 0.15) is 58.2 Å². The van der Waals surface area contributed by atoms with E-state index in [1.54, 1.807) is 0 Å². The summed E-state index contributed by atoms with van der Waals surface area (Å²) in [6.45, 7) is 0. The number of hydrogen-bond donors (Lipinski definition) is 2. The lowest BCUT2D eigenvalue weighted by Crippen LogP contribution is -2.28. The normalized spacial score (nSPS) is 19.9. The highest BCUT2D eigenvalue weighted by Crippen LogP contribution is 2.31. The highest BCUT2D eigenvalue weighted by atomic mass is 16.2. The molecule has 0 aliphatic heterocycles. The second-order valence-electron chi connectivity index (χ2n) is 6.00. The van der Waals surface area contributed by atoms with Gasteiger partial charge in [0.2, 0.25) is 0 Å². The van der Waals surface area contributed by atoms with Crippen molar-refractivity contribution in [3.8, 4) is 0 Å². The predicted molar refractivity (Wildman–Crippen MR) is 80.2 cm³/mol. The first kappa shape index (κ1) is 12.6. The molecule has 21 heavy (non-hydrogen) atoms. The maximum absolute atomic E-state index is 12.5. The van der Waals surface area contributed by atoms with Gasteiger partial charge in [-0.05, 0) is 49.7 Å². The van der Waals surface area contributed by atoms with Gasteiger partial charge in [0, 0.05) is 11.3 Å². The van der Waals surface area contributed by atoms with Crippen molar-refractivity contribution in [2.24, 2.45) is 0 Å². The SMILES string of the molecule is O=C(N[C@H]1CCc2ccccc21)c1n[nH]c2c1CCCC2. The van der Waals surface area contributed by atoms with Gasteiger partial charge in [0.15, 0.2) is 5.69 Å². The molecule has 1 aromatic heterocycles. The van der Waals surface area contributed by atoms with Gasteiger partial charge >= 0.3 is 0 Å². The minimum atomic E-state index is -0.0314. The minimum Gasteiger partial charge on any atom is -0.344 e. The molecule has 1 amide bonds. The molecule has 0 spiro atoms. The number of nitrogens with zero attached hydrogens (tertiary/aromatic N) is 1. The average Bonchev–Trinajstić information content (AvgIpc) is 3.12. The summed E-state index contributed by atoms with van der Waals surface area (Å²) in [5.74, 6) is -0.0314. The molecule has 2 N–H and O–H groups in total. The quantitative estimate of drug-likeness (QED) is 0.889. The van der Waals surface area contributed by atoms with Crippen LogP contribution >= 0.6 is 0 Å². The van der Waals surface area contributed by atoms with Crippen LogP contribution < -0.4 is 5.32 Å². The van der Waals surface area contributed by atoms with Crippen LogP contribution in [0.25, 0.3) is 0 Å². The summed E-state index contributed by atoms with van der Waals surface area (Å²) in [5.41, 5.74) is 5.50. The van der Waals surface area contributed by atoms with Crippen LogP contribution in [0.5, 0.6) is 0 Å². The van der Waals surface area contributed by atoms with Crippen molar-refractivity contribution in [1.82, 2.24) is 15.5 Å². The molecule has 2 aliphatic rings. The Balaban J connectivity index is 1.56. The van der Waals surface area contributed by atoms with Crippen molar-refractivity contribution < 1.29 is 4.79 Å². The zero-order valence-corrected chi connectivity index (χ0v) is 12.0. The van der Waals surface area contributed by atoms with Gasteiger partial charge in [-0.2, -0.15) is 5.10 Å². The number of H-pyrrole nitrogens is 1. The lowest BCUT2D eigenvalue weighted by atomic mass is 9.95. The molecule has 0 saturated carbocycles. The molecule has 1 atom stereocenters. The summed E-state index contributed by atoms with van der Waals surface area (Å²) in [6.07, 6.45) is 6.35. The highest BCUT2D eigenvalue weighted by Gasteiger charge is 2.27. The maximum atomic E-state index is 12.5. The second-order valence-corrected chi connectivity index (χ2v) is 6.00. The Morgan fingerprint density at radius 3 is 3.00 bits per heavy atom. The third kappa shape index (κ3) is 2.15. The third-order valence-electron chi connectivity index (χ3n) is 4.71. The van der Waals surface area contributed by atoms with Gasteiger partial charge in [0.25, 0.3) is 5.91 Å². The summed E-state index contributed by atoms with van der Waals surface area (Å²) < 4.78 is 0. The van der Waals surface area contributed by atoms with E-state index in [0.717, 1.165) is 43.4 Å². The fourth-order valence-electron chi connectivity index (χ4n) is 3.60. The number of rotatable bonds is 2. The van der Waals surface area contributed by atoms with Crippen LogP contribution in [0.2, 0.25) is 0 Å². The molecule has 1 aromatic carbocycles. The van der Waals surface area contributed by atoms with Crippen LogP contribution in [0.15, 0.2) is 24.3 Å². The average molecular weight is 281 g/mol. The standard InChI is InChI=1S/C17H19N3O/c21-17(16-13-7-3-4-8-15(13)19-20-16)18-14-10-9-11-5-1-2-6-12(11)14/h1-2,5-6,14H,3-4,7-10H2,(H,18,21)(H,19,20)/t14-/m0/s1. The molecule has 2 aliphatic carbocycles. The number of aromatic nitrogens is 2. The van der Waals surface area contributed by atoms with Crippen molar-refractivity contribution in [2.75, 3.05) is 0 Å². The Hall–Kier alpha value is -2.10. The van der Waals surface area contributed by atoms with Gasteiger partial charge in [0.1, 0.15) is 0 Å².